The van der Waals surface area contributed by atoms with Crippen molar-refractivity contribution in [1.82, 2.24) is 0 Å². The summed E-state index contributed by atoms with van der Waals surface area (Å²) in [5, 5.41) is 3.12. The highest BCUT2D eigenvalue weighted by Crippen LogP contribution is 2.30. The van der Waals surface area contributed by atoms with Crippen LogP contribution in [0.3, 0.4) is 0 Å². The Morgan fingerprint density at radius 1 is 0.929 bits per heavy atom. The molecule has 0 unspecified atom stereocenters. The summed E-state index contributed by atoms with van der Waals surface area (Å²) in [7, 11) is 1.31. The number of carbonyl (C=O) groups is 2. The molecule has 0 heterocycles. The van der Waals surface area contributed by atoms with Crippen LogP contribution in [0.5, 0.6) is 5.75 Å². The van der Waals surface area contributed by atoms with Crippen molar-refractivity contribution >= 4 is 29.2 Å². The van der Waals surface area contributed by atoms with E-state index in [4.69, 9.17) is 16.3 Å². The normalized spacial score (nSPS) is 10.2. The van der Waals surface area contributed by atoms with E-state index >= 15 is 0 Å². The van der Waals surface area contributed by atoms with Gasteiger partial charge in [0.1, 0.15) is 5.75 Å². The molecule has 0 saturated carbocycles. The molecular weight excluding hydrogens is 378 g/mol. The van der Waals surface area contributed by atoms with Gasteiger partial charge >= 0.3 is 5.97 Å². The monoisotopic (exact) mass is 395 g/mol. The zero-order chi connectivity index (χ0) is 19.9. The maximum Gasteiger partial charge on any atom is 0.337 e. The molecule has 0 aliphatic carbocycles. The molecule has 0 aliphatic heterocycles. The van der Waals surface area contributed by atoms with Crippen molar-refractivity contribution in [3.8, 4) is 16.9 Å². The molecule has 6 heteroatoms. The quantitative estimate of drug-likeness (QED) is 0.608. The summed E-state index contributed by atoms with van der Waals surface area (Å²) in [6.45, 7) is -0.191. The van der Waals surface area contributed by atoms with E-state index in [1.54, 1.807) is 36.4 Å². The summed E-state index contributed by atoms with van der Waals surface area (Å²) in [5.74, 6) is -0.346. The summed E-state index contributed by atoms with van der Waals surface area (Å²) in [4.78, 5) is 23.5. The van der Waals surface area contributed by atoms with Crippen LogP contribution in [-0.2, 0) is 9.53 Å². The summed E-state index contributed by atoms with van der Waals surface area (Å²) < 4.78 is 10.2. The molecular formula is C22H18ClNO4. The lowest BCUT2D eigenvalue weighted by Gasteiger charge is -2.10. The second-order valence-corrected chi connectivity index (χ2v) is 6.32. The van der Waals surface area contributed by atoms with Crippen LogP contribution in [0.15, 0.2) is 72.8 Å². The van der Waals surface area contributed by atoms with Crippen LogP contribution in [0.25, 0.3) is 11.1 Å². The molecule has 28 heavy (non-hydrogen) atoms. The number of benzene rings is 3. The van der Waals surface area contributed by atoms with Crippen molar-refractivity contribution < 1.29 is 19.1 Å². The van der Waals surface area contributed by atoms with E-state index in [-0.39, 0.29) is 12.5 Å². The zero-order valence-electron chi connectivity index (χ0n) is 15.1. The minimum Gasteiger partial charge on any atom is -0.482 e. The Morgan fingerprint density at radius 2 is 1.64 bits per heavy atom. The van der Waals surface area contributed by atoms with Crippen LogP contribution in [0, 0.1) is 0 Å². The summed E-state index contributed by atoms with van der Waals surface area (Å²) in [6, 6.07) is 21.6. The molecule has 0 saturated heterocycles. The third-order valence-electron chi connectivity index (χ3n) is 3.99. The van der Waals surface area contributed by atoms with Gasteiger partial charge in [-0.1, -0.05) is 48.0 Å². The average Bonchev–Trinajstić information content (AvgIpc) is 2.73. The number of ether oxygens (including phenoxy) is 2. The highest BCUT2D eigenvalue weighted by Gasteiger charge is 2.09. The standard InChI is InChI=1S/C22H18ClNO4/c1-27-22(26)16-7-10-18(11-8-16)24-21(25)14-28-20-12-9-17(13-19(20)23)15-5-3-2-4-6-15/h2-13H,14H2,1H3,(H,24,25). The van der Waals surface area contributed by atoms with E-state index < -0.39 is 5.97 Å². The van der Waals surface area contributed by atoms with Gasteiger partial charge in [-0.05, 0) is 47.5 Å². The van der Waals surface area contributed by atoms with Gasteiger partial charge in [-0.3, -0.25) is 4.79 Å². The van der Waals surface area contributed by atoms with Gasteiger partial charge in [-0.2, -0.15) is 0 Å². The fourth-order valence-corrected chi connectivity index (χ4v) is 2.81. The van der Waals surface area contributed by atoms with Crippen LogP contribution in [-0.4, -0.2) is 25.6 Å². The topological polar surface area (TPSA) is 64.6 Å². The van der Waals surface area contributed by atoms with Gasteiger partial charge in [0.15, 0.2) is 6.61 Å². The first-order valence-electron chi connectivity index (χ1n) is 8.53. The average molecular weight is 396 g/mol. The second kappa shape index (κ2) is 9.06. The predicted molar refractivity (Wildman–Crippen MR) is 109 cm³/mol. The number of esters is 1. The third-order valence-corrected chi connectivity index (χ3v) is 4.28. The lowest BCUT2D eigenvalue weighted by molar-refractivity contribution is -0.118. The third kappa shape index (κ3) is 4.90. The van der Waals surface area contributed by atoms with Crippen LogP contribution >= 0.6 is 11.6 Å². The molecule has 0 atom stereocenters. The van der Waals surface area contributed by atoms with Gasteiger partial charge in [0.25, 0.3) is 5.91 Å². The van der Waals surface area contributed by atoms with Crippen LogP contribution in [0.1, 0.15) is 10.4 Å². The van der Waals surface area contributed by atoms with Crippen molar-refractivity contribution in [2.75, 3.05) is 19.0 Å². The van der Waals surface area contributed by atoms with Crippen molar-refractivity contribution in [2.45, 2.75) is 0 Å². The molecule has 5 nitrogen and oxygen atoms in total. The van der Waals surface area contributed by atoms with E-state index in [1.165, 1.54) is 7.11 Å². The van der Waals surface area contributed by atoms with E-state index in [9.17, 15) is 9.59 Å². The first kappa shape index (κ1) is 19.5. The highest BCUT2D eigenvalue weighted by atomic mass is 35.5. The molecule has 142 valence electrons. The lowest BCUT2D eigenvalue weighted by atomic mass is 10.1. The zero-order valence-corrected chi connectivity index (χ0v) is 15.9. The predicted octanol–water partition coefficient (Wildman–Crippen LogP) is 4.81. The minimum atomic E-state index is -0.435. The smallest absolute Gasteiger partial charge is 0.337 e. The maximum absolute atomic E-state index is 12.1. The molecule has 3 aromatic carbocycles. The molecule has 0 spiro atoms. The molecule has 1 amide bonds. The van der Waals surface area contributed by atoms with Crippen LogP contribution in [0.4, 0.5) is 5.69 Å². The second-order valence-electron chi connectivity index (χ2n) is 5.92. The minimum absolute atomic E-state index is 0.191. The van der Waals surface area contributed by atoms with Gasteiger partial charge in [0, 0.05) is 5.69 Å². The summed E-state index contributed by atoms with van der Waals surface area (Å²) >= 11 is 6.28. The first-order chi connectivity index (χ1) is 13.6. The van der Waals surface area contributed by atoms with Crippen molar-refractivity contribution in [2.24, 2.45) is 0 Å². The molecule has 0 aliphatic rings. The molecule has 1 N–H and O–H groups in total. The molecule has 0 aromatic heterocycles. The van der Waals surface area contributed by atoms with Crippen molar-refractivity contribution in [3.63, 3.8) is 0 Å². The van der Waals surface area contributed by atoms with E-state index in [0.717, 1.165) is 11.1 Å². The van der Waals surface area contributed by atoms with E-state index in [2.05, 4.69) is 10.1 Å². The van der Waals surface area contributed by atoms with E-state index in [1.807, 2.05) is 36.4 Å². The van der Waals surface area contributed by atoms with Gasteiger partial charge in [0.05, 0.1) is 17.7 Å². The van der Waals surface area contributed by atoms with Gasteiger partial charge in [-0.15, -0.1) is 0 Å². The Morgan fingerprint density at radius 3 is 2.29 bits per heavy atom. The molecule has 0 bridgehead atoms. The summed E-state index contributed by atoms with van der Waals surface area (Å²) in [6.07, 6.45) is 0. The van der Waals surface area contributed by atoms with E-state index in [0.29, 0.717) is 22.0 Å². The number of nitrogens with one attached hydrogen (secondary N) is 1. The number of halogens is 1. The Bertz CT molecular complexity index is 972. The Hall–Kier alpha value is -3.31. The van der Waals surface area contributed by atoms with Gasteiger partial charge < -0.3 is 14.8 Å². The van der Waals surface area contributed by atoms with Gasteiger partial charge in [0.2, 0.25) is 0 Å². The molecule has 3 rings (SSSR count). The first-order valence-corrected chi connectivity index (χ1v) is 8.90. The Balaban J connectivity index is 1.58. The number of methoxy groups -OCH3 is 1. The fourth-order valence-electron chi connectivity index (χ4n) is 2.58. The highest BCUT2D eigenvalue weighted by molar-refractivity contribution is 6.32. The molecule has 0 radical (unpaired) electrons. The maximum atomic E-state index is 12.1. The number of rotatable bonds is 6. The number of anilines is 1. The number of amides is 1. The number of carbonyl (C=O) groups excluding carboxylic acids is 2. The van der Waals surface area contributed by atoms with Gasteiger partial charge in [-0.25, -0.2) is 4.79 Å². The SMILES string of the molecule is COC(=O)c1ccc(NC(=O)COc2ccc(-c3ccccc3)cc2Cl)cc1. The fraction of sp³-hybridized carbons (Fsp3) is 0.0909. The number of hydrogen-bond acceptors (Lipinski definition) is 4. The number of hydrogen-bond donors (Lipinski definition) is 1. The largest absolute Gasteiger partial charge is 0.482 e. The van der Waals surface area contributed by atoms with Crippen LogP contribution < -0.4 is 10.1 Å². The Kier molecular flexibility index (Phi) is 6.29. The van der Waals surface area contributed by atoms with Crippen molar-refractivity contribution in [1.29, 1.82) is 0 Å². The summed E-state index contributed by atoms with van der Waals surface area (Å²) in [5.41, 5.74) is 2.96. The molecule has 0 fully saturated rings. The molecule has 3 aromatic rings. The lowest BCUT2D eigenvalue weighted by Crippen LogP contribution is -2.20. The van der Waals surface area contributed by atoms with Crippen molar-refractivity contribution in [3.05, 3.63) is 83.4 Å². The Labute approximate surface area is 167 Å². The van der Waals surface area contributed by atoms with Crippen LogP contribution in [0.2, 0.25) is 5.02 Å².